The van der Waals surface area contributed by atoms with E-state index in [0.717, 1.165) is 12.1 Å². The Hall–Kier alpha value is -1.54. The number of hydrogen-bond acceptors (Lipinski definition) is 1. The van der Waals surface area contributed by atoms with Crippen LogP contribution >= 0.6 is 0 Å². The van der Waals surface area contributed by atoms with Gasteiger partial charge in [-0.05, 0) is 60.8 Å². The van der Waals surface area contributed by atoms with Gasteiger partial charge < -0.3 is 9.67 Å². The molecule has 0 aliphatic heterocycles. The molecule has 1 aromatic carbocycles. The van der Waals surface area contributed by atoms with Gasteiger partial charge in [-0.2, -0.15) is 0 Å². The van der Waals surface area contributed by atoms with E-state index in [2.05, 4.69) is 47.3 Å². The van der Waals surface area contributed by atoms with E-state index < -0.39 is 0 Å². The highest BCUT2D eigenvalue weighted by Crippen LogP contribution is 2.41. The van der Waals surface area contributed by atoms with Crippen LogP contribution in [-0.4, -0.2) is 9.67 Å². The van der Waals surface area contributed by atoms with Crippen LogP contribution < -0.4 is 0 Å². The smallest absolute Gasteiger partial charge is 0.0832 e. The molecule has 2 aliphatic rings. The lowest BCUT2D eigenvalue weighted by Crippen LogP contribution is -2.14. The maximum atomic E-state index is 10.2. The second-order valence-electron chi connectivity index (χ2n) is 6.71. The van der Waals surface area contributed by atoms with E-state index in [9.17, 15) is 5.11 Å². The molecule has 1 aromatic heterocycles. The van der Waals surface area contributed by atoms with E-state index in [1.807, 2.05) is 0 Å². The summed E-state index contributed by atoms with van der Waals surface area (Å²) in [6.07, 6.45) is 10.2. The Bertz CT molecular complexity index is 626. The summed E-state index contributed by atoms with van der Waals surface area (Å²) in [5.41, 5.74) is 4.16. The van der Waals surface area contributed by atoms with E-state index in [1.54, 1.807) is 0 Å². The topological polar surface area (TPSA) is 25.2 Å². The van der Waals surface area contributed by atoms with Gasteiger partial charge in [0.25, 0.3) is 0 Å². The molecule has 1 saturated carbocycles. The van der Waals surface area contributed by atoms with E-state index in [-0.39, 0.29) is 6.10 Å². The van der Waals surface area contributed by atoms with Crippen molar-refractivity contribution < 1.29 is 5.11 Å². The summed E-state index contributed by atoms with van der Waals surface area (Å²) in [4.78, 5) is 0. The minimum atomic E-state index is -0.245. The Balaban J connectivity index is 1.51. The number of aromatic nitrogens is 1. The fraction of sp³-hybridized carbons (Fsp3) is 0.474. The Morgan fingerprint density at radius 1 is 1.14 bits per heavy atom. The Morgan fingerprint density at radius 3 is 2.86 bits per heavy atom. The van der Waals surface area contributed by atoms with Gasteiger partial charge in [0.15, 0.2) is 0 Å². The van der Waals surface area contributed by atoms with E-state index in [1.165, 1.54) is 43.2 Å². The third-order valence-electron chi connectivity index (χ3n) is 5.11. The van der Waals surface area contributed by atoms with Crippen LogP contribution in [-0.2, 0) is 13.0 Å². The van der Waals surface area contributed by atoms with Crippen molar-refractivity contribution in [2.45, 2.75) is 50.7 Å². The third kappa shape index (κ3) is 2.65. The molecule has 1 heterocycles. The number of aliphatic hydroxyl groups excluding tert-OH is 1. The van der Waals surface area contributed by atoms with Crippen LogP contribution in [0, 0.1) is 5.92 Å². The highest BCUT2D eigenvalue weighted by atomic mass is 16.3. The van der Waals surface area contributed by atoms with Crippen molar-refractivity contribution in [3.63, 3.8) is 0 Å². The first-order valence-corrected chi connectivity index (χ1v) is 8.23. The summed E-state index contributed by atoms with van der Waals surface area (Å²) in [6, 6.07) is 11.0. The van der Waals surface area contributed by atoms with Crippen LogP contribution in [0.1, 0.15) is 54.4 Å². The molecular formula is C19H23NO. The first-order valence-electron chi connectivity index (χ1n) is 8.23. The molecule has 2 aromatic rings. The van der Waals surface area contributed by atoms with Crippen molar-refractivity contribution >= 4 is 0 Å². The standard InChI is InChI=1S/C19H23NO/c21-19(15-8-9-15)17-10-11-20(13-17)12-16-6-3-5-14-4-1-2-7-18(14)16/h1-2,4,7,10-11,13,15-16,19,21H,3,5-6,8-9,12H2. The minimum Gasteiger partial charge on any atom is -0.388 e. The van der Waals surface area contributed by atoms with Gasteiger partial charge in [0.2, 0.25) is 0 Å². The zero-order chi connectivity index (χ0) is 14.2. The SMILES string of the molecule is OC(c1ccn(CC2CCCc3ccccc32)c1)C1CC1. The molecule has 0 bridgehead atoms. The van der Waals surface area contributed by atoms with Crippen molar-refractivity contribution in [3.05, 3.63) is 59.4 Å². The van der Waals surface area contributed by atoms with Crippen LogP contribution in [0.4, 0.5) is 0 Å². The van der Waals surface area contributed by atoms with Crippen molar-refractivity contribution in [2.75, 3.05) is 0 Å². The first-order chi connectivity index (χ1) is 10.3. The number of aliphatic hydroxyl groups is 1. The molecule has 0 amide bonds. The Labute approximate surface area is 126 Å². The van der Waals surface area contributed by atoms with Crippen molar-refractivity contribution in [1.82, 2.24) is 4.57 Å². The zero-order valence-corrected chi connectivity index (χ0v) is 12.4. The quantitative estimate of drug-likeness (QED) is 0.898. The van der Waals surface area contributed by atoms with Crippen molar-refractivity contribution in [1.29, 1.82) is 0 Å². The molecule has 4 rings (SSSR count). The number of nitrogens with zero attached hydrogens (tertiary/aromatic N) is 1. The second kappa shape index (κ2) is 5.34. The molecular weight excluding hydrogens is 258 g/mol. The molecule has 1 N–H and O–H groups in total. The molecule has 2 nitrogen and oxygen atoms in total. The van der Waals surface area contributed by atoms with Crippen molar-refractivity contribution in [2.24, 2.45) is 5.92 Å². The molecule has 0 radical (unpaired) electrons. The van der Waals surface area contributed by atoms with Gasteiger partial charge >= 0.3 is 0 Å². The van der Waals surface area contributed by atoms with Crippen LogP contribution in [0.25, 0.3) is 0 Å². The lowest BCUT2D eigenvalue weighted by molar-refractivity contribution is 0.153. The summed E-state index contributed by atoms with van der Waals surface area (Å²) in [6.45, 7) is 1.04. The molecule has 2 unspecified atom stereocenters. The van der Waals surface area contributed by atoms with Crippen LogP contribution in [0.2, 0.25) is 0 Å². The summed E-state index contributed by atoms with van der Waals surface area (Å²) < 4.78 is 2.27. The highest BCUT2D eigenvalue weighted by molar-refractivity contribution is 5.32. The molecule has 0 spiro atoms. The van der Waals surface area contributed by atoms with Crippen LogP contribution in [0.5, 0.6) is 0 Å². The summed E-state index contributed by atoms with van der Waals surface area (Å²) >= 11 is 0. The lowest BCUT2D eigenvalue weighted by Gasteiger charge is -2.25. The number of rotatable bonds is 4. The molecule has 2 heteroatoms. The van der Waals surface area contributed by atoms with Gasteiger partial charge in [0.05, 0.1) is 6.10 Å². The maximum absolute atomic E-state index is 10.2. The van der Waals surface area contributed by atoms with Gasteiger partial charge in [-0.1, -0.05) is 24.3 Å². The van der Waals surface area contributed by atoms with Gasteiger partial charge in [0.1, 0.15) is 0 Å². The van der Waals surface area contributed by atoms with E-state index in [0.29, 0.717) is 11.8 Å². The van der Waals surface area contributed by atoms with Gasteiger partial charge in [-0.3, -0.25) is 0 Å². The molecule has 0 saturated heterocycles. The molecule has 2 aliphatic carbocycles. The Kier molecular flexibility index (Phi) is 3.34. The normalized spacial score (nSPS) is 22.8. The summed E-state index contributed by atoms with van der Waals surface area (Å²) in [5.74, 6) is 1.13. The maximum Gasteiger partial charge on any atom is 0.0832 e. The zero-order valence-electron chi connectivity index (χ0n) is 12.4. The molecule has 21 heavy (non-hydrogen) atoms. The number of benzene rings is 1. The average Bonchev–Trinajstić information content (AvgIpc) is 3.27. The van der Waals surface area contributed by atoms with Crippen LogP contribution in [0.15, 0.2) is 42.7 Å². The monoisotopic (exact) mass is 281 g/mol. The van der Waals surface area contributed by atoms with Crippen LogP contribution in [0.3, 0.4) is 0 Å². The average molecular weight is 281 g/mol. The predicted molar refractivity (Wildman–Crippen MR) is 84.2 cm³/mol. The van der Waals surface area contributed by atoms with Crippen molar-refractivity contribution in [3.8, 4) is 0 Å². The fourth-order valence-electron chi connectivity index (χ4n) is 3.73. The third-order valence-corrected chi connectivity index (χ3v) is 5.11. The van der Waals surface area contributed by atoms with Gasteiger partial charge in [0, 0.05) is 24.9 Å². The van der Waals surface area contributed by atoms with Gasteiger partial charge in [-0.25, -0.2) is 0 Å². The summed E-state index contributed by atoms with van der Waals surface area (Å²) in [7, 11) is 0. The number of aryl methyl sites for hydroxylation is 1. The molecule has 2 atom stereocenters. The number of hydrogen-bond donors (Lipinski definition) is 1. The van der Waals surface area contributed by atoms with E-state index >= 15 is 0 Å². The van der Waals surface area contributed by atoms with E-state index in [4.69, 9.17) is 0 Å². The first kappa shape index (κ1) is 13.1. The summed E-state index contributed by atoms with van der Waals surface area (Å²) in [5, 5.41) is 10.2. The molecule has 1 fully saturated rings. The second-order valence-corrected chi connectivity index (χ2v) is 6.71. The lowest BCUT2D eigenvalue weighted by atomic mass is 9.83. The minimum absolute atomic E-state index is 0.245. The number of fused-ring (bicyclic) bond motifs is 1. The molecule has 110 valence electrons. The fourth-order valence-corrected chi connectivity index (χ4v) is 3.73. The van der Waals surface area contributed by atoms with Gasteiger partial charge in [-0.15, -0.1) is 0 Å². The largest absolute Gasteiger partial charge is 0.388 e. The Morgan fingerprint density at radius 2 is 2.00 bits per heavy atom. The predicted octanol–water partition coefficient (Wildman–Crippen LogP) is 4.05. The highest BCUT2D eigenvalue weighted by Gasteiger charge is 2.31.